The molecular formula is C20H30N2O11. The first-order chi connectivity index (χ1) is 15.9. The van der Waals surface area contributed by atoms with Gasteiger partial charge in [0.25, 0.3) is 11.4 Å². The van der Waals surface area contributed by atoms with Crippen LogP contribution < -0.4 is 0 Å². The Hall–Kier alpha value is -2.71. The molecule has 13 heteroatoms. The predicted molar refractivity (Wildman–Crippen MR) is 114 cm³/mol. The summed E-state index contributed by atoms with van der Waals surface area (Å²) in [5, 5.41) is 21.9. The molecule has 0 unspecified atom stereocenters. The molecular weight excluding hydrogens is 444 g/mol. The zero-order valence-corrected chi connectivity index (χ0v) is 18.8. The summed E-state index contributed by atoms with van der Waals surface area (Å²) in [6.45, 7) is 4.95. The molecule has 0 heterocycles. The SMILES string of the molecule is CCCOCCOCCOCCO[C@H](COC)COC(=O)c1cc([N+](=O)[O-])cc([N+](=O)[O-])c1. The number of methoxy groups -OCH3 is 1. The maximum atomic E-state index is 12.3. The van der Waals surface area contributed by atoms with Gasteiger partial charge in [-0.3, -0.25) is 20.2 Å². The number of ether oxygens (including phenoxy) is 6. The first kappa shape index (κ1) is 28.3. The summed E-state index contributed by atoms with van der Waals surface area (Å²) < 4.78 is 31.7. The van der Waals surface area contributed by atoms with Gasteiger partial charge in [0.2, 0.25) is 0 Å². The highest BCUT2D eigenvalue weighted by Gasteiger charge is 2.21. The summed E-state index contributed by atoms with van der Waals surface area (Å²) in [5.74, 6) is -0.956. The summed E-state index contributed by atoms with van der Waals surface area (Å²) in [7, 11) is 1.44. The van der Waals surface area contributed by atoms with E-state index in [2.05, 4.69) is 0 Å². The third-order valence-corrected chi connectivity index (χ3v) is 3.99. The number of esters is 1. The van der Waals surface area contributed by atoms with Crippen molar-refractivity contribution in [2.45, 2.75) is 19.4 Å². The van der Waals surface area contributed by atoms with Crippen LogP contribution in [0.1, 0.15) is 23.7 Å². The second-order valence-corrected chi connectivity index (χ2v) is 6.64. The average molecular weight is 474 g/mol. The monoisotopic (exact) mass is 474 g/mol. The summed E-state index contributed by atoms with van der Waals surface area (Å²) in [4.78, 5) is 32.5. The molecule has 0 N–H and O–H groups in total. The number of hydrogen-bond donors (Lipinski definition) is 0. The van der Waals surface area contributed by atoms with E-state index in [4.69, 9.17) is 28.4 Å². The number of carbonyl (C=O) groups excluding carboxylic acids is 1. The van der Waals surface area contributed by atoms with Gasteiger partial charge in [-0.2, -0.15) is 0 Å². The van der Waals surface area contributed by atoms with Gasteiger partial charge in [-0.1, -0.05) is 6.92 Å². The van der Waals surface area contributed by atoms with Gasteiger partial charge in [0.15, 0.2) is 0 Å². The maximum Gasteiger partial charge on any atom is 0.338 e. The van der Waals surface area contributed by atoms with Gasteiger partial charge in [0.1, 0.15) is 12.7 Å². The molecule has 0 radical (unpaired) electrons. The van der Waals surface area contributed by atoms with Crippen LogP contribution in [-0.2, 0) is 28.4 Å². The Labute approximate surface area is 191 Å². The minimum absolute atomic E-state index is 0.114. The number of carbonyl (C=O) groups is 1. The Bertz CT molecular complexity index is 712. The zero-order chi connectivity index (χ0) is 24.5. The van der Waals surface area contributed by atoms with Crippen molar-refractivity contribution in [2.24, 2.45) is 0 Å². The Morgan fingerprint density at radius 3 is 1.85 bits per heavy atom. The van der Waals surface area contributed by atoms with Crippen molar-refractivity contribution < 1.29 is 43.1 Å². The lowest BCUT2D eigenvalue weighted by Gasteiger charge is -2.17. The Morgan fingerprint density at radius 2 is 1.36 bits per heavy atom. The van der Waals surface area contributed by atoms with Crippen molar-refractivity contribution in [3.63, 3.8) is 0 Å². The highest BCUT2D eigenvalue weighted by Crippen LogP contribution is 2.23. The molecule has 1 aromatic rings. The first-order valence-electron chi connectivity index (χ1n) is 10.3. The molecule has 0 aromatic heterocycles. The normalized spacial score (nSPS) is 11.8. The largest absolute Gasteiger partial charge is 0.459 e. The molecule has 0 aliphatic heterocycles. The predicted octanol–water partition coefficient (Wildman–Crippen LogP) is 2.15. The van der Waals surface area contributed by atoms with E-state index in [1.165, 1.54) is 7.11 Å². The molecule has 186 valence electrons. The fourth-order valence-electron chi connectivity index (χ4n) is 2.47. The van der Waals surface area contributed by atoms with Crippen LogP contribution in [-0.4, -0.2) is 88.5 Å². The zero-order valence-electron chi connectivity index (χ0n) is 18.8. The topological polar surface area (TPSA) is 159 Å². The van der Waals surface area contributed by atoms with Crippen molar-refractivity contribution in [1.29, 1.82) is 0 Å². The summed E-state index contributed by atoms with van der Waals surface area (Å²) in [6, 6.07) is 2.58. The van der Waals surface area contributed by atoms with Gasteiger partial charge >= 0.3 is 5.97 Å². The van der Waals surface area contributed by atoms with E-state index in [0.717, 1.165) is 24.6 Å². The molecule has 0 amide bonds. The molecule has 0 saturated carbocycles. The maximum absolute atomic E-state index is 12.3. The smallest absolute Gasteiger partial charge is 0.338 e. The molecule has 0 aliphatic rings. The molecule has 33 heavy (non-hydrogen) atoms. The number of nitrogens with zero attached hydrogens (tertiary/aromatic N) is 2. The lowest BCUT2D eigenvalue weighted by Crippen LogP contribution is -2.28. The number of rotatable bonds is 19. The van der Waals surface area contributed by atoms with Gasteiger partial charge < -0.3 is 28.4 Å². The number of non-ortho nitro benzene ring substituents is 2. The van der Waals surface area contributed by atoms with Gasteiger partial charge in [0, 0.05) is 25.8 Å². The fraction of sp³-hybridized carbons (Fsp3) is 0.650. The molecule has 1 aromatic carbocycles. The van der Waals surface area contributed by atoms with Crippen LogP contribution in [0.4, 0.5) is 11.4 Å². The quantitative estimate of drug-likeness (QED) is 0.125. The molecule has 1 atom stereocenters. The summed E-state index contributed by atoms with van der Waals surface area (Å²) in [5.41, 5.74) is -1.48. The second-order valence-electron chi connectivity index (χ2n) is 6.64. The minimum atomic E-state index is -0.956. The average Bonchev–Trinajstić information content (AvgIpc) is 2.80. The summed E-state index contributed by atoms with van der Waals surface area (Å²) in [6.07, 6.45) is 0.340. The minimum Gasteiger partial charge on any atom is -0.459 e. The standard InChI is InChI=1S/C20H30N2O11/c1-3-4-29-5-6-30-7-8-31-9-10-32-19(14-28-2)15-33-20(23)16-11-17(21(24)25)13-18(12-16)22(26)27/h11-13,19H,3-10,14-15H2,1-2H3/t19-/m1/s1. The number of hydrogen-bond acceptors (Lipinski definition) is 11. The number of nitro benzene ring substituents is 2. The van der Waals surface area contributed by atoms with Crippen LogP contribution in [0.2, 0.25) is 0 Å². The highest BCUT2D eigenvalue weighted by molar-refractivity contribution is 5.91. The van der Waals surface area contributed by atoms with E-state index < -0.39 is 33.3 Å². The van der Waals surface area contributed by atoms with Crippen molar-refractivity contribution >= 4 is 17.3 Å². The number of nitro groups is 2. The molecule has 13 nitrogen and oxygen atoms in total. The van der Waals surface area contributed by atoms with Crippen LogP contribution in [0.25, 0.3) is 0 Å². The van der Waals surface area contributed by atoms with Crippen LogP contribution in [0.5, 0.6) is 0 Å². The van der Waals surface area contributed by atoms with E-state index in [0.29, 0.717) is 33.0 Å². The van der Waals surface area contributed by atoms with E-state index in [9.17, 15) is 25.0 Å². The molecule has 0 saturated heterocycles. The fourth-order valence-corrected chi connectivity index (χ4v) is 2.47. The molecule has 0 bridgehead atoms. The van der Waals surface area contributed by atoms with Crippen molar-refractivity contribution in [3.05, 3.63) is 44.0 Å². The lowest BCUT2D eigenvalue weighted by molar-refractivity contribution is -0.394. The van der Waals surface area contributed by atoms with Crippen LogP contribution >= 0.6 is 0 Å². The molecule has 0 fully saturated rings. The highest BCUT2D eigenvalue weighted by atomic mass is 16.6. The second kappa shape index (κ2) is 16.9. The third-order valence-electron chi connectivity index (χ3n) is 3.99. The van der Waals surface area contributed by atoms with Crippen LogP contribution in [0.3, 0.4) is 0 Å². The molecule has 1 rings (SSSR count). The lowest BCUT2D eigenvalue weighted by atomic mass is 10.2. The summed E-state index contributed by atoms with van der Waals surface area (Å²) >= 11 is 0. The Balaban J connectivity index is 2.38. The Morgan fingerprint density at radius 1 is 0.848 bits per heavy atom. The van der Waals surface area contributed by atoms with Gasteiger partial charge in [-0.05, 0) is 6.42 Å². The number of benzene rings is 1. The van der Waals surface area contributed by atoms with E-state index >= 15 is 0 Å². The Kier molecular flexibility index (Phi) is 14.5. The first-order valence-corrected chi connectivity index (χ1v) is 10.3. The van der Waals surface area contributed by atoms with E-state index in [1.54, 1.807) is 0 Å². The van der Waals surface area contributed by atoms with Crippen LogP contribution in [0.15, 0.2) is 18.2 Å². The van der Waals surface area contributed by atoms with Crippen LogP contribution in [0, 0.1) is 20.2 Å². The van der Waals surface area contributed by atoms with Gasteiger partial charge in [-0.15, -0.1) is 0 Å². The third kappa shape index (κ3) is 12.2. The van der Waals surface area contributed by atoms with E-state index in [-0.39, 0.29) is 32.0 Å². The molecule has 0 spiro atoms. The van der Waals surface area contributed by atoms with Gasteiger partial charge in [0.05, 0.1) is 67.7 Å². The van der Waals surface area contributed by atoms with Crippen molar-refractivity contribution in [3.8, 4) is 0 Å². The van der Waals surface area contributed by atoms with E-state index in [1.807, 2.05) is 6.92 Å². The van der Waals surface area contributed by atoms with Crippen molar-refractivity contribution in [1.82, 2.24) is 0 Å². The molecule has 0 aliphatic carbocycles. The van der Waals surface area contributed by atoms with Crippen molar-refractivity contribution in [2.75, 3.05) is 66.6 Å². The van der Waals surface area contributed by atoms with Gasteiger partial charge in [-0.25, -0.2) is 4.79 Å².